The van der Waals surface area contributed by atoms with Crippen LogP contribution in [-0.2, 0) is 6.54 Å². The summed E-state index contributed by atoms with van der Waals surface area (Å²) < 4.78 is 0. The fourth-order valence-electron chi connectivity index (χ4n) is 1.36. The number of rotatable bonds is 7. The molecule has 1 aromatic heterocycles. The van der Waals surface area contributed by atoms with Crippen LogP contribution in [0.25, 0.3) is 0 Å². The lowest BCUT2D eigenvalue weighted by Crippen LogP contribution is -2.28. The molecule has 0 aliphatic carbocycles. The smallest absolute Gasteiger partial charge is 0.185 e. The van der Waals surface area contributed by atoms with Gasteiger partial charge in [-0.15, -0.1) is 11.3 Å². The van der Waals surface area contributed by atoms with Crippen molar-refractivity contribution in [3.8, 4) is 0 Å². The third-order valence-corrected chi connectivity index (χ3v) is 3.53. The molecule has 0 bridgehead atoms. The largest absolute Gasteiger partial charge is 0.395 e. The van der Waals surface area contributed by atoms with Gasteiger partial charge in [0.25, 0.3) is 0 Å². The highest BCUT2D eigenvalue weighted by Crippen LogP contribution is 2.21. The summed E-state index contributed by atoms with van der Waals surface area (Å²) in [6.07, 6.45) is 1.91. The van der Waals surface area contributed by atoms with Crippen LogP contribution in [0.5, 0.6) is 0 Å². The van der Waals surface area contributed by atoms with Crippen LogP contribution in [0.15, 0.2) is 6.20 Å². The SMILES string of the molecule is CCN(CC)c1ncc(CN[C@@H](C)CO)s1. The first kappa shape index (κ1) is 13.4. The number of aliphatic hydroxyl groups is 1. The molecule has 0 fully saturated rings. The first-order valence-electron chi connectivity index (χ1n) is 5.75. The Morgan fingerprint density at radius 1 is 1.50 bits per heavy atom. The van der Waals surface area contributed by atoms with Crippen molar-refractivity contribution in [2.75, 3.05) is 24.6 Å². The van der Waals surface area contributed by atoms with Gasteiger partial charge in [0.15, 0.2) is 5.13 Å². The summed E-state index contributed by atoms with van der Waals surface area (Å²) >= 11 is 1.71. The molecule has 0 amide bonds. The van der Waals surface area contributed by atoms with E-state index in [9.17, 15) is 0 Å². The molecule has 0 saturated carbocycles. The van der Waals surface area contributed by atoms with E-state index in [0.717, 1.165) is 24.8 Å². The van der Waals surface area contributed by atoms with Crippen LogP contribution in [0.4, 0.5) is 5.13 Å². The summed E-state index contributed by atoms with van der Waals surface area (Å²) in [6.45, 7) is 9.16. The predicted molar refractivity (Wildman–Crippen MR) is 69.1 cm³/mol. The summed E-state index contributed by atoms with van der Waals surface area (Å²) in [7, 11) is 0. The summed E-state index contributed by atoms with van der Waals surface area (Å²) in [4.78, 5) is 7.85. The van der Waals surface area contributed by atoms with Crippen molar-refractivity contribution in [2.45, 2.75) is 33.4 Å². The maximum atomic E-state index is 8.90. The number of nitrogens with one attached hydrogen (secondary N) is 1. The average Bonchev–Trinajstić information content (AvgIpc) is 2.76. The molecular formula is C11H21N3OS. The first-order valence-corrected chi connectivity index (χ1v) is 6.56. The molecule has 0 spiro atoms. The highest BCUT2D eigenvalue weighted by molar-refractivity contribution is 7.15. The van der Waals surface area contributed by atoms with Gasteiger partial charge in [-0.3, -0.25) is 0 Å². The van der Waals surface area contributed by atoms with E-state index < -0.39 is 0 Å². The number of anilines is 1. The summed E-state index contributed by atoms with van der Waals surface area (Å²) in [5.41, 5.74) is 0. The van der Waals surface area contributed by atoms with Gasteiger partial charge in [0.2, 0.25) is 0 Å². The molecule has 0 aliphatic rings. The molecule has 0 radical (unpaired) electrons. The Balaban J connectivity index is 2.51. The Morgan fingerprint density at radius 3 is 2.75 bits per heavy atom. The summed E-state index contributed by atoms with van der Waals surface area (Å²) in [6, 6.07) is 0.138. The third kappa shape index (κ3) is 3.73. The van der Waals surface area contributed by atoms with E-state index >= 15 is 0 Å². The number of hydrogen-bond acceptors (Lipinski definition) is 5. The van der Waals surface area contributed by atoms with E-state index in [2.05, 4.69) is 29.0 Å². The molecule has 0 saturated heterocycles. The fraction of sp³-hybridized carbons (Fsp3) is 0.727. The van der Waals surface area contributed by atoms with E-state index in [1.807, 2.05) is 13.1 Å². The quantitative estimate of drug-likeness (QED) is 0.761. The molecule has 2 N–H and O–H groups in total. The Kier molecular flexibility index (Phi) is 5.73. The zero-order valence-corrected chi connectivity index (χ0v) is 11.0. The van der Waals surface area contributed by atoms with Crippen molar-refractivity contribution < 1.29 is 5.11 Å². The number of aromatic nitrogens is 1. The van der Waals surface area contributed by atoms with Gasteiger partial charge in [-0.25, -0.2) is 4.98 Å². The number of nitrogens with zero attached hydrogens (tertiary/aromatic N) is 2. The van der Waals surface area contributed by atoms with Gasteiger partial charge in [-0.05, 0) is 20.8 Å². The summed E-state index contributed by atoms with van der Waals surface area (Å²) in [5, 5.41) is 13.2. The number of thiazole rings is 1. The lowest BCUT2D eigenvalue weighted by atomic mass is 10.3. The van der Waals surface area contributed by atoms with Crippen LogP contribution in [0.3, 0.4) is 0 Å². The van der Waals surface area contributed by atoms with E-state index in [0.29, 0.717) is 0 Å². The third-order valence-electron chi connectivity index (χ3n) is 2.47. The molecular weight excluding hydrogens is 222 g/mol. The first-order chi connectivity index (χ1) is 7.71. The van der Waals surface area contributed by atoms with E-state index in [1.54, 1.807) is 11.3 Å². The van der Waals surface area contributed by atoms with Gasteiger partial charge in [-0.2, -0.15) is 0 Å². The minimum Gasteiger partial charge on any atom is -0.395 e. The highest BCUT2D eigenvalue weighted by atomic mass is 32.1. The number of aliphatic hydroxyl groups excluding tert-OH is 1. The van der Waals surface area contributed by atoms with Gasteiger partial charge >= 0.3 is 0 Å². The van der Waals surface area contributed by atoms with Crippen molar-refractivity contribution in [3.63, 3.8) is 0 Å². The van der Waals surface area contributed by atoms with Crippen molar-refractivity contribution in [1.29, 1.82) is 0 Å². The Bertz CT molecular complexity index is 299. The molecule has 4 nitrogen and oxygen atoms in total. The molecule has 0 unspecified atom stereocenters. The standard InChI is InChI=1S/C11H21N3OS/c1-4-14(5-2)11-13-7-10(16-11)6-12-9(3)8-15/h7,9,12,15H,4-6,8H2,1-3H3/t9-/m0/s1. The van der Waals surface area contributed by atoms with Gasteiger partial charge in [0.05, 0.1) is 6.61 Å². The topological polar surface area (TPSA) is 48.4 Å². The van der Waals surface area contributed by atoms with Crippen molar-refractivity contribution in [1.82, 2.24) is 10.3 Å². The van der Waals surface area contributed by atoms with E-state index in [1.165, 1.54) is 4.88 Å². The molecule has 92 valence electrons. The maximum Gasteiger partial charge on any atom is 0.185 e. The molecule has 16 heavy (non-hydrogen) atoms. The minimum atomic E-state index is 0.138. The van der Waals surface area contributed by atoms with Crippen LogP contribution in [-0.4, -0.2) is 35.8 Å². The Hall–Kier alpha value is -0.650. The van der Waals surface area contributed by atoms with Gasteiger partial charge < -0.3 is 15.3 Å². The molecule has 1 aromatic rings. The second kappa shape index (κ2) is 6.83. The molecule has 1 heterocycles. The molecule has 1 atom stereocenters. The lowest BCUT2D eigenvalue weighted by molar-refractivity contribution is 0.251. The molecule has 0 aromatic carbocycles. The normalized spacial score (nSPS) is 12.8. The van der Waals surface area contributed by atoms with Crippen LogP contribution in [0.2, 0.25) is 0 Å². The highest BCUT2D eigenvalue weighted by Gasteiger charge is 2.08. The molecule has 5 heteroatoms. The van der Waals surface area contributed by atoms with E-state index in [4.69, 9.17) is 5.11 Å². The van der Waals surface area contributed by atoms with Crippen molar-refractivity contribution >= 4 is 16.5 Å². The Labute approximate surface area is 101 Å². The lowest BCUT2D eigenvalue weighted by Gasteiger charge is -2.16. The fourth-order valence-corrected chi connectivity index (χ4v) is 2.35. The number of hydrogen-bond donors (Lipinski definition) is 2. The monoisotopic (exact) mass is 243 g/mol. The molecule has 1 rings (SSSR count). The van der Waals surface area contributed by atoms with Crippen LogP contribution < -0.4 is 10.2 Å². The molecule has 0 aliphatic heterocycles. The van der Waals surface area contributed by atoms with Gasteiger partial charge in [0, 0.05) is 36.8 Å². The average molecular weight is 243 g/mol. The van der Waals surface area contributed by atoms with Crippen molar-refractivity contribution in [2.24, 2.45) is 0 Å². The maximum absolute atomic E-state index is 8.90. The zero-order chi connectivity index (χ0) is 12.0. The second-order valence-electron chi connectivity index (χ2n) is 3.75. The van der Waals surface area contributed by atoms with Gasteiger partial charge in [-0.1, -0.05) is 0 Å². The van der Waals surface area contributed by atoms with E-state index in [-0.39, 0.29) is 12.6 Å². The van der Waals surface area contributed by atoms with Crippen LogP contribution >= 0.6 is 11.3 Å². The van der Waals surface area contributed by atoms with Crippen molar-refractivity contribution in [3.05, 3.63) is 11.1 Å². The zero-order valence-electron chi connectivity index (χ0n) is 10.2. The van der Waals surface area contributed by atoms with Gasteiger partial charge in [0.1, 0.15) is 0 Å². The Morgan fingerprint density at radius 2 is 2.19 bits per heavy atom. The predicted octanol–water partition coefficient (Wildman–Crippen LogP) is 1.46. The minimum absolute atomic E-state index is 0.138. The second-order valence-corrected chi connectivity index (χ2v) is 4.84. The summed E-state index contributed by atoms with van der Waals surface area (Å²) in [5.74, 6) is 0. The van der Waals surface area contributed by atoms with Crippen LogP contribution in [0.1, 0.15) is 25.6 Å². The van der Waals surface area contributed by atoms with Crippen LogP contribution in [0, 0.1) is 0 Å².